The van der Waals surface area contributed by atoms with Gasteiger partial charge in [0, 0.05) is 13.2 Å². The highest BCUT2D eigenvalue weighted by Gasteiger charge is 2.20. The van der Waals surface area contributed by atoms with Crippen LogP contribution in [0.2, 0.25) is 0 Å². The smallest absolute Gasteiger partial charge is 0.236 e. The molecule has 0 aliphatic heterocycles. The molecule has 0 aliphatic rings. The van der Waals surface area contributed by atoms with Gasteiger partial charge in [-0.15, -0.1) is 0 Å². The Morgan fingerprint density at radius 1 is 1.53 bits per heavy atom. The molecule has 90 valence electrons. The Labute approximate surface area is 92.2 Å². The summed E-state index contributed by atoms with van der Waals surface area (Å²) in [5, 5.41) is 11.6. The number of amides is 1. The van der Waals surface area contributed by atoms with E-state index >= 15 is 0 Å². The van der Waals surface area contributed by atoms with Crippen LogP contribution in [0.3, 0.4) is 0 Å². The summed E-state index contributed by atoms with van der Waals surface area (Å²) in [6.07, 6.45) is 2.30. The number of aliphatic hydroxyl groups excluding tert-OH is 1. The zero-order valence-corrected chi connectivity index (χ0v) is 10.0. The number of aliphatic hydroxyl groups is 1. The summed E-state index contributed by atoms with van der Waals surface area (Å²) in [5.74, 6) is -0.0946. The van der Waals surface area contributed by atoms with Crippen molar-refractivity contribution in [3.05, 3.63) is 0 Å². The lowest BCUT2D eigenvalue weighted by atomic mass is 9.89. The van der Waals surface area contributed by atoms with Gasteiger partial charge in [-0.25, -0.2) is 0 Å². The van der Waals surface area contributed by atoms with E-state index in [1.165, 1.54) is 0 Å². The molecule has 0 aromatic carbocycles. The average Bonchev–Trinajstić information content (AvgIpc) is 2.14. The Kier molecular flexibility index (Phi) is 6.52. The van der Waals surface area contributed by atoms with Gasteiger partial charge in [0.2, 0.25) is 5.91 Å². The summed E-state index contributed by atoms with van der Waals surface area (Å²) in [6, 6.07) is -0.403. The molecule has 15 heavy (non-hydrogen) atoms. The first kappa shape index (κ1) is 14.4. The van der Waals surface area contributed by atoms with E-state index in [1.54, 1.807) is 0 Å². The first-order chi connectivity index (χ1) is 6.93. The van der Waals surface area contributed by atoms with E-state index in [2.05, 4.69) is 5.32 Å². The second-order valence-electron chi connectivity index (χ2n) is 4.75. The first-order valence-corrected chi connectivity index (χ1v) is 5.57. The first-order valence-electron chi connectivity index (χ1n) is 5.57. The van der Waals surface area contributed by atoms with Crippen LogP contribution in [0, 0.1) is 5.41 Å². The summed E-state index contributed by atoms with van der Waals surface area (Å²) < 4.78 is 0. The van der Waals surface area contributed by atoms with Crippen LogP contribution in [-0.2, 0) is 4.79 Å². The van der Waals surface area contributed by atoms with Crippen LogP contribution in [0.5, 0.6) is 0 Å². The maximum atomic E-state index is 11.5. The van der Waals surface area contributed by atoms with Crippen LogP contribution in [0.4, 0.5) is 0 Å². The fraction of sp³-hybridized carbons (Fsp3) is 0.909. The summed E-state index contributed by atoms with van der Waals surface area (Å²) in [4.78, 5) is 11.5. The molecule has 0 heterocycles. The molecule has 0 fully saturated rings. The van der Waals surface area contributed by atoms with E-state index in [0.717, 1.165) is 6.42 Å². The molecule has 0 saturated carbocycles. The van der Waals surface area contributed by atoms with E-state index in [-0.39, 0.29) is 17.9 Å². The molecule has 0 radical (unpaired) electrons. The standard InChI is InChI=1S/C11H24N2O2/c1-4-5-9(12)10(15)13-8-11(2,3)6-7-14/h9,14H,4-8,12H2,1-3H3,(H,13,15)/t9-/m1/s1. The molecule has 0 unspecified atom stereocenters. The van der Waals surface area contributed by atoms with Crippen LogP contribution in [0.1, 0.15) is 40.0 Å². The summed E-state index contributed by atoms with van der Waals surface area (Å²) in [5.41, 5.74) is 5.60. The highest BCUT2D eigenvalue weighted by Crippen LogP contribution is 2.17. The topological polar surface area (TPSA) is 75.4 Å². The van der Waals surface area contributed by atoms with E-state index in [0.29, 0.717) is 19.4 Å². The lowest BCUT2D eigenvalue weighted by Crippen LogP contribution is -2.44. The van der Waals surface area contributed by atoms with E-state index in [9.17, 15) is 4.79 Å². The van der Waals surface area contributed by atoms with Crippen molar-refractivity contribution in [2.75, 3.05) is 13.2 Å². The quantitative estimate of drug-likeness (QED) is 0.584. The lowest BCUT2D eigenvalue weighted by molar-refractivity contribution is -0.123. The Bertz CT molecular complexity index is 193. The minimum absolute atomic E-state index is 0.0731. The Morgan fingerprint density at radius 3 is 2.60 bits per heavy atom. The summed E-state index contributed by atoms with van der Waals surface area (Å²) >= 11 is 0. The Hall–Kier alpha value is -0.610. The normalized spacial score (nSPS) is 13.7. The van der Waals surface area contributed by atoms with Crippen LogP contribution in [0.25, 0.3) is 0 Å². The van der Waals surface area contributed by atoms with Crippen molar-refractivity contribution in [1.82, 2.24) is 5.32 Å². The predicted molar refractivity (Wildman–Crippen MR) is 61.4 cm³/mol. The summed E-state index contributed by atoms with van der Waals surface area (Å²) in [6.45, 7) is 6.72. The minimum atomic E-state index is -0.403. The molecule has 0 rings (SSSR count). The highest BCUT2D eigenvalue weighted by molar-refractivity contribution is 5.81. The van der Waals surface area contributed by atoms with E-state index in [1.807, 2.05) is 20.8 Å². The molecule has 4 N–H and O–H groups in total. The number of hydrogen-bond donors (Lipinski definition) is 3. The third-order valence-electron chi connectivity index (χ3n) is 2.47. The predicted octanol–water partition coefficient (Wildman–Crippen LogP) is 0.639. The van der Waals surface area contributed by atoms with Gasteiger partial charge < -0.3 is 16.2 Å². The van der Waals surface area contributed by atoms with Gasteiger partial charge in [0.1, 0.15) is 0 Å². The van der Waals surface area contributed by atoms with Crippen molar-refractivity contribution < 1.29 is 9.90 Å². The number of rotatable bonds is 7. The van der Waals surface area contributed by atoms with Crippen molar-refractivity contribution in [2.24, 2.45) is 11.1 Å². The van der Waals surface area contributed by atoms with Crippen molar-refractivity contribution in [1.29, 1.82) is 0 Å². The second kappa shape index (κ2) is 6.80. The number of nitrogens with one attached hydrogen (secondary N) is 1. The average molecular weight is 216 g/mol. The number of carbonyl (C=O) groups excluding carboxylic acids is 1. The minimum Gasteiger partial charge on any atom is -0.396 e. The van der Waals surface area contributed by atoms with Gasteiger partial charge in [-0.2, -0.15) is 0 Å². The van der Waals surface area contributed by atoms with Crippen LogP contribution in [0.15, 0.2) is 0 Å². The van der Waals surface area contributed by atoms with Gasteiger partial charge in [-0.1, -0.05) is 27.2 Å². The molecular formula is C11H24N2O2. The van der Waals surface area contributed by atoms with E-state index < -0.39 is 6.04 Å². The molecule has 0 spiro atoms. The fourth-order valence-corrected chi connectivity index (χ4v) is 1.29. The summed E-state index contributed by atoms with van der Waals surface area (Å²) in [7, 11) is 0. The van der Waals surface area contributed by atoms with Crippen LogP contribution >= 0.6 is 0 Å². The molecule has 0 aliphatic carbocycles. The van der Waals surface area contributed by atoms with Crippen molar-refractivity contribution in [2.45, 2.75) is 46.1 Å². The van der Waals surface area contributed by atoms with E-state index in [4.69, 9.17) is 10.8 Å². The largest absolute Gasteiger partial charge is 0.396 e. The van der Waals surface area contributed by atoms with Gasteiger partial charge in [0.05, 0.1) is 6.04 Å². The zero-order valence-electron chi connectivity index (χ0n) is 10.0. The molecular weight excluding hydrogens is 192 g/mol. The molecule has 1 atom stereocenters. The van der Waals surface area contributed by atoms with Crippen LogP contribution in [-0.4, -0.2) is 30.2 Å². The Morgan fingerprint density at radius 2 is 2.13 bits per heavy atom. The third kappa shape index (κ3) is 6.47. The maximum absolute atomic E-state index is 11.5. The molecule has 0 aromatic rings. The maximum Gasteiger partial charge on any atom is 0.236 e. The van der Waals surface area contributed by atoms with Gasteiger partial charge in [-0.3, -0.25) is 4.79 Å². The number of hydrogen-bond acceptors (Lipinski definition) is 3. The molecule has 0 saturated heterocycles. The van der Waals surface area contributed by atoms with Gasteiger partial charge in [-0.05, 0) is 18.3 Å². The van der Waals surface area contributed by atoms with Gasteiger partial charge >= 0.3 is 0 Å². The number of carbonyl (C=O) groups is 1. The lowest BCUT2D eigenvalue weighted by Gasteiger charge is -2.24. The Balaban J connectivity index is 3.88. The molecule has 1 amide bonds. The second-order valence-corrected chi connectivity index (χ2v) is 4.75. The van der Waals surface area contributed by atoms with Crippen LogP contribution < -0.4 is 11.1 Å². The fourth-order valence-electron chi connectivity index (χ4n) is 1.29. The van der Waals surface area contributed by atoms with Crippen molar-refractivity contribution in [3.8, 4) is 0 Å². The molecule has 4 heteroatoms. The zero-order chi connectivity index (χ0) is 11.9. The molecule has 4 nitrogen and oxygen atoms in total. The number of nitrogens with two attached hydrogens (primary N) is 1. The van der Waals surface area contributed by atoms with Crippen molar-refractivity contribution >= 4 is 5.91 Å². The SMILES string of the molecule is CCC[C@@H](N)C(=O)NCC(C)(C)CCO. The monoisotopic (exact) mass is 216 g/mol. The molecule has 0 bridgehead atoms. The highest BCUT2D eigenvalue weighted by atomic mass is 16.3. The van der Waals surface area contributed by atoms with Gasteiger partial charge in [0.15, 0.2) is 0 Å². The van der Waals surface area contributed by atoms with Gasteiger partial charge in [0.25, 0.3) is 0 Å². The third-order valence-corrected chi connectivity index (χ3v) is 2.47. The van der Waals surface area contributed by atoms with Crippen molar-refractivity contribution in [3.63, 3.8) is 0 Å². The molecule has 0 aromatic heterocycles.